The van der Waals surface area contributed by atoms with Crippen molar-refractivity contribution in [1.29, 1.82) is 0 Å². The number of hydrogen-bond donors (Lipinski definition) is 3. The minimum atomic E-state index is -0.0349. The van der Waals surface area contributed by atoms with Crippen LogP contribution in [-0.4, -0.2) is 15.1 Å². The standard InChI is InChI=1S/C15H20N4O2/c1-9(2)13-17-14(19-16)10(3)15(18-13)21-12-6-4-5-11(7-12)8-20/h4-7,9,20H,8,16H2,1-3H3,(H,17,18,19). The summed E-state index contributed by atoms with van der Waals surface area (Å²) in [6.45, 7) is 5.81. The zero-order chi connectivity index (χ0) is 15.4. The first-order chi connectivity index (χ1) is 10.0. The molecule has 0 amide bonds. The highest BCUT2D eigenvalue weighted by Crippen LogP contribution is 2.28. The van der Waals surface area contributed by atoms with Crippen LogP contribution in [0.2, 0.25) is 0 Å². The first-order valence-electron chi connectivity index (χ1n) is 6.78. The van der Waals surface area contributed by atoms with E-state index in [1.807, 2.05) is 39.0 Å². The second-order valence-corrected chi connectivity index (χ2v) is 5.07. The molecule has 0 spiro atoms. The number of hydrogen-bond acceptors (Lipinski definition) is 6. The van der Waals surface area contributed by atoms with E-state index in [2.05, 4.69) is 15.4 Å². The number of nitrogens with two attached hydrogens (primary N) is 1. The quantitative estimate of drug-likeness (QED) is 0.578. The lowest BCUT2D eigenvalue weighted by molar-refractivity contribution is 0.281. The van der Waals surface area contributed by atoms with E-state index in [1.165, 1.54) is 0 Å². The van der Waals surface area contributed by atoms with Gasteiger partial charge in [0.25, 0.3) is 0 Å². The number of nitrogens with zero attached hydrogens (tertiary/aromatic N) is 2. The molecular formula is C15H20N4O2. The Morgan fingerprint density at radius 2 is 2.10 bits per heavy atom. The summed E-state index contributed by atoms with van der Waals surface area (Å²) in [4.78, 5) is 8.80. The number of aliphatic hydroxyl groups is 1. The van der Waals surface area contributed by atoms with Crippen LogP contribution in [-0.2, 0) is 6.61 Å². The van der Waals surface area contributed by atoms with Crippen LogP contribution in [0.4, 0.5) is 5.82 Å². The molecule has 2 rings (SSSR count). The van der Waals surface area contributed by atoms with E-state index >= 15 is 0 Å². The predicted octanol–water partition coefficient (Wildman–Crippen LogP) is 2.48. The van der Waals surface area contributed by atoms with Crippen molar-refractivity contribution in [3.8, 4) is 11.6 Å². The molecule has 6 nitrogen and oxygen atoms in total. The molecule has 21 heavy (non-hydrogen) atoms. The van der Waals surface area contributed by atoms with Crippen molar-refractivity contribution in [2.45, 2.75) is 33.3 Å². The molecule has 6 heteroatoms. The van der Waals surface area contributed by atoms with Crippen LogP contribution in [0, 0.1) is 6.92 Å². The summed E-state index contributed by atoms with van der Waals surface area (Å²) < 4.78 is 5.83. The fourth-order valence-corrected chi connectivity index (χ4v) is 1.83. The zero-order valence-electron chi connectivity index (χ0n) is 12.4. The Kier molecular flexibility index (Phi) is 4.72. The smallest absolute Gasteiger partial charge is 0.227 e. The van der Waals surface area contributed by atoms with Crippen molar-refractivity contribution in [1.82, 2.24) is 9.97 Å². The van der Waals surface area contributed by atoms with Gasteiger partial charge in [0.15, 0.2) is 5.82 Å². The van der Waals surface area contributed by atoms with Gasteiger partial charge in [-0.2, -0.15) is 4.98 Å². The Hall–Kier alpha value is -2.18. The fourth-order valence-electron chi connectivity index (χ4n) is 1.83. The van der Waals surface area contributed by atoms with Crippen LogP contribution in [0.25, 0.3) is 0 Å². The molecule has 0 atom stereocenters. The number of anilines is 1. The van der Waals surface area contributed by atoms with E-state index in [4.69, 9.17) is 10.6 Å². The summed E-state index contributed by atoms with van der Waals surface area (Å²) in [7, 11) is 0. The van der Waals surface area contributed by atoms with Gasteiger partial charge in [-0.1, -0.05) is 26.0 Å². The molecule has 1 aromatic heterocycles. The second-order valence-electron chi connectivity index (χ2n) is 5.07. The molecule has 0 aliphatic heterocycles. The highest BCUT2D eigenvalue weighted by atomic mass is 16.5. The van der Waals surface area contributed by atoms with Crippen molar-refractivity contribution >= 4 is 5.82 Å². The van der Waals surface area contributed by atoms with Gasteiger partial charge in [-0.25, -0.2) is 10.8 Å². The Labute approximate surface area is 124 Å². The maximum atomic E-state index is 9.17. The van der Waals surface area contributed by atoms with Crippen LogP contribution >= 0.6 is 0 Å². The van der Waals surface area contributed by atoms with Crippen LogP contribution < -0.4 is 16.0 Å². The van der Waals surface area contributed by atoms with E-state index in [1.54, 1.807) is 6.07 Å². The number of benzene rings is 1. The predicted molar refractivity (Wildman–Crippen MR) is 81.1 cm³/mol. The number of hydrazine groups is 1. The Balaban J connectivity index is 2.40. The van der Waals surface area contributed by atoms with Gasteiger partial charge in [0.1, 0.15) is 11.6 Å². The number of rotatable bonds is 5. The van der Waals surface area contributed by atoms with Crippen LogP contribution in [0.3, 0.4) is 0 Å². The largest absolute Gasteiger partial charge is 0.439 e. The normalized spacial score (nSPS) is 10.8. The summed E-state index contributed by atoms with van der Waals surface area (Å²) >= 11 is 0. The van der Waals surface area contributed by atoms with Crippen molar-refractivity contribution < 1.29 is 9.84 Å². The number of ether oxygens (including phenoxy) is 1. The molecule has 4 N–H and O–H groups in total. The maximum Gasteiger partial charge on any atom is 0.227 e. The molecule has 0 saturated heterocycles. The third-order valence-electron chi connectivity index (χ3n) is 3.07. The summed E-state index contributed by atoms with van der Waals surface area (Å²) in [5, 5.41) is 9.17. The molecule has 0 aliphatic rings. The fraction of sp³-hybridized carbons (Fsp3) is 0.333. The minimum Gasteiger partial charge on any atom is -0.439 e. The lowest BCUT2D eigenvalue weighted by atomic mass is 10.2. The van der Waals surface area contributed by atoms with Crippen LogP contribution in [0.5, 0.6) is 11.6 Å². The van der Waals surface area contributed by atoms with Gasteiger partial charge in [0.05, 0.1) is 12.2 Å². The Morgan fingerprint density at radius 3 is 2.71 bits per heavy atom. The van der Waals surface area contributed by atoms with E-state index in [0.29, 0.717) is 23.3 Å². The van der Waals surface area contributed by atoms with Crippen molar-refractivity contribution in [2.24, 2.45) is 5.84 Å². The minimum absolute atomic E-state index is 0.0349. The van der Waals surface area contributed by atoms with Crippen LogP contribution in [0.15, 0.2) is 24.3 Å². The van der Waals surface area contributed by atoms with E-state index in [-0.39, 0.29) is 12.5 Å². The molecule has 0 fully saturated rings. The number of aromatic nitrogens is 2. The average molecular weight is 288 g/mol. The topological polar surface area (TPSA) is 93.3 Å². The monoisotopic (exact) mass is 288 g/mol. The van der Waals surface area contributed by atoms with Gasteiger partial charge in [0.2, 0.25) is 5.88 Å². The van der Waals surface area contributed by atoms with Gasteiger partial charge >= 0.3 is 0 Å². The van der Waals surface area contributed by atoms with Crippen molar-refractivity contribution in [3.05, 3.63) is 41.2 Å². The molecule has 1 heterocycles. The van der Waals surface area contributed by atoms with E-state index in [0.717, 1.165) is 11.1 Å². The third-order valence-corrected chi connectivity index (χ3v) is 3.07. The average Bonchev–Trinajstić information content (AvgIpc) is 2.49. The van der Waals surface area contributed by atoms with Crippen molar-refractivity contribution in [2.75, 3.05) is 5.43 Å². The molecule has 112 valence electrons. The summed E-state index contributed by atoms with van der Waals surface area (Å²) in [5.74, 6) is 7.92. The second kappa shape index (κ2) is 6.51. The zero-order valence-corrected chi connectivity index (χ0v) is 12.4. The van der Waals surface area contributed by atoms with E-state index in [9.17, 15) is 5.11 Å². The summed E-state index contributed by atoms with van der Waals surface area (Å²) in [5.41, 5.74) is 4.08. The molecule has 0 saturated carbocycles. The van der Waals surface area contributed by atoms with Gasteiger partial charge in [-0.15, -0.1) is 0 Å². The number of nitrogen functional groups attached to an aromatic ring is 1. The summed E-state index contributed by atoms with van der Waals surface area (Å²) in [6, 6.07) is 7.23. The molecule has 1 aromatic carbocycles. The highest BCUT2D eigenvalue weighted by Gasteiger charge is 2.14. The highest BCUT2D eigenvalue weighted by molar-refractivity contribution is 5.49. The molecule has 0 radical (unpaired) electrons. The molecular weight excluding hydrogens is 268 g/mol. The van der Waals surface area contributed by atoms with Gasteiger partial charge in [0, 0.05) is 5.92 Å². The molecule has 0 bridgehead atoms. The SMILES string of the molecule is Cc1c(NN)nc(C(C)C)nc1Oc1cccc(CO)c1. The lowest BCUT2D eigenvalue weighted by Crippen LogP contribution is -2.13. The van der Waals surface area contributed by atoms with Crippen molar-refractivity contribution in [3.63, 3.8) is 0 Å². The molecule has 2 aromatic rings. The van der Waals surface area contributed by atoms with Gasteiger partial charge in [-0.3, -0.25) is 0 Å². The summed E-state index contributed by atoms with van der Waals surface area (Å²) in [6.07, 6.45) is 0. The van der Waals surface area contributed by atoms with Gasteiger partial charge < -0.3 is 15.3 Å². The Morgan fingerprint density at radius 1 is 1.33 bits per heavy atom. The molecule has 0 aliphatic carbocycles. The first kappa shape index (κ1) is 15.2. The first-order valence-corrected chi connectivity index (χ1v) is 6.78. The lowest BCUT2D eigenvalue weighted by Gasteiger charge is -2.14. The maximum absolute atomic E-state index is 9.17. The molecule has 0 unspecified atom stereocenters. The third kappa shape index (κ3) is 3.48. The van der Waals surface area contributed by atoms with E-state index < -0.39 is 0 Å². The van der Waals surface area contributed by atoms with Crippen LogP contribution in [0.1, 0.15) is 36.7 Å². The van der Waals surface area contributed by atoms with Gasteiger partial charge in [-0.05, 0) is 24.6 Å². The Bertz CT molecular complexity index is 629. The number of nitrogens with one attached hydrogen (secondary N) is 1. The number of aliphatic hydroxyl groups excluding tert-OH is 1.